The highest BCUT2D eigenvalue weighted by Crippen LogP contribution is 2.22. The van der Waals surface area contributed by atoms with Crippen LogP contribution in [0.5, 0.6) is 0 Å². The molecule has 0 bridgehead atoms. The van der Waals surface area contributed by atoms with Crippen molar-refractivity contribution in [3.8, 4) is 11.3 Å². The van der Waals surface area contributed by atoms with Crippen LogP contribution < -0.4 is 0 Å². The van der Waals surface area contributed by atoms with Crippen molar-refractivity contribution in [1.29, 1.82) is 0 Å². The fraction of sp³-hybridized carbons (Fsp3) is 0.0455. The van der Waals surface area contributed by atoms with Crippen LogP contribution in [0.4, 0.5) is 0 Å². The molecule has 0 N–H and O–H groups in total. The van der Waals surface area contributed by atoms with E-state index in [4.69, 9.17) is 9.26 Å². The number of thiophene rings is 1. The fourth-order valence-corrected chi connectivity index (χ4v) is 3.41. The Bertz CT molecular complexity index is 1100. The number of carbonyl (C=O) groups excluding carboxylic acids is 2. The predicted octanol–water partition coefficient (Wildman–Crippen LogP) is 4.99. The van der Waals surface area contributed by atoms with E-state index in [1.54, 1.807) is 42.5 Å². The molecule has 4 rings (SSSR count). The van der Waals surface area contributed by atoms with E-state index < -0.39 is 5.97 Å². The van der Waals surface area contributed by atoms with E-state index in [9.17, 15) is 9.59 Å². The monoisotopic (exact) mass is 389 g/mol. The standard InChI is InChI=1S/C22H15NO4S/c24-21(20-11-6-12-28-20)17-9-4-5-10-18(17)22(25)26-14-16-13-19(27-23-16)15-7-2-1-3-8-15/h1-13H,14H2. The molecule has 4 aromatic rings. The number of rotatable bonds is 6. The lowest BCUT2D eigenvalue weighted by Crippen LogP contribution is -2.12. The largest absolute Gasteiger partial charge is 0.455 e. The van der Waals surface area contributed by atoms with Crippen LogP contribution in [-0.2, 0) is 11.3 Å². The van der Waals surface area contributed by atoms with Gasteiger partial charge in [-0.05, 0) is 17.5 Å². The van der Waals surface area contributed by atoms with Crippen LogP contribution in [0.3, 0.4) is 0 Å². The lowest BCUT2D eigenvalue weighted by molar-refractivity contribution is 0.0462. The molecule has 0 amide bonds. The quantitative estimate of drug-likeness (QED) is 0.343. The first-order chi connectivity index (χ1) is 13.7. The normalized spacial score (nSPS) is 10.6. The molecule has 6 heteroatoms. The molecule has 0 saturated heterocycles. The van der Waals surface area contributed by atoms with E-state index in [1.165, 1.54) is 11.3 Å². The summed E-state index contributed by atoms with van der Waals surface area (Å²) in [5.41, 5.74) is 1.93. The molecule has 2 aromatic heterocycles. The zero-order valence-corrected chi connectivity index (χ0v) is 15.5. The zero-order chi connectivity index (χ0) is 19.3. The van der Waals surface area contributed by atoms with Gasteiger partial charge in [-0.2, -0.15) is 0 Å². The Kier molecular flexibility index (Phi) is 5.12. The molecule has 0 spiro atoms. The highest BCUT2D eigenvalue weighted by Gasteiger charge is 2.20. The van der Waals surface area contributed by atoms with Crippen molar-refractivity contribution in [3.63, 3.8) is 0 Å². The van der Waals surface area contributed by atoms with Crippen molar-refractivity contribution >= 4 is 23.1 Å². The van der Waals surface area contributed by atoms with Crippen molar-refractivity contribution in [1.82, 2.24) is 5.16 Å². The van der Waals surface area contributed by atoms with Gasteiger partial charge in [0.05, 0.1) is 10.4 Å². The van der Waals surface area contributed by atoms with Gasteiger partial charge in [-0.3, -0.25) is 4.79 Å². The van der Waals surface area contributed by atoms with Gasteiger partial charge in [0.15, 0.2) is 5.76 Å². The molecule has 138 valence electrons. The molecule has 0 aliphatic rings. The third-order valence-electron chi connectivity index (χ3n) is 4.10. The van der Waals surface area contributed by atoms with E-state index in [2.05, 4.69) is 5.16 Å². The first-order valence-corrected chi connectivity index (χ1v) is 9.46. The number of carbonyl (C=O) groups is 2. The summed E-state index contributed by atoms with van der Waals surface area (Å²) < 4.78 is 10.7. The first kappa shape index (κ1) is 17.9. The van der Waals surface area contributed by atoms with Crippen molar-refractivity contribution in [3.05, 3.63) is 99.9 Å². The van der Waals surface area contributed by atoms with Crippen molar-refractivity contribution in [2.45, 2.75) is 6.61 Å². The maximum absolute atomic E-state index is 12.6. The average molecular weight is 389 g/mol. The van der Waals surface area contributed by atoms with Crippen LogP contribution in [0.2, 0.25) is 0 Å². The Morgan fingerprint density at radius 2 is 1.68 bits per heavy atom. The number of aromatic nitrogens is 1. The number of ketones is 1. The van der Waals surface area contributed by atoms with Crippen LogP contribution in [0.15, 0.2) is 82.7 Å². The van der Waals surface area contributed by atoms with Crippen molar-refractivity contribution in [2.75, 3.05) is 0 Å². The van der Waals surface area contributed by atoms with Crippen LogP contribution in [0.25, 0.3) is 11.3 Å². The van der Waals surface area contributed by atoms with Gasteiger partial charge in [0.25, 0.3) is 0 Å². The highest BCUT2D eigenvalue weighted by atomic mass is 32.1. The molecular formula is C22H15NO4S. The molecule has 0 atom stereocenters. The van der Waals surface area contributed by atoms with E-state index >= 15 is 0 Å². The summed E-state index contributed by atoms with van der Waals surface area (Å²) in [6, 6.07) is 21.4. The number of esters is 1. The Hall–Kier alpha value is -3.51. The zero-order valence-electron chi connectivity index (χ0n) is 14.7. The second-order valence-electron chi connectivity index (χ2n) is 5.98. The smallest absolute Gasteiger partial charge is 0.339 e. The van der Waals surface area contributed by atoms with Gasteiger partial charge in [0.1, 0.15) is 12.3 Å². The summed E-state index contributed by atoms with van der Waals surface area (Å²) in [6.45, 7) is -0.0449. The summed E-state index contributed by atoms with van der Waals surface area (Å²) in [6.07, 6.45) is 0. The topological polar surface area (TPSA) is 69.4 Å². The molecule has 2 aromatic carbocycles. The van der Waals surface area contributed by atoms with Crippen molar-refractivity contribution in [2.24, 2.45) is 0 Å². The number of benzene rings is 2. The van der Waals surface area contributed by atoms with Gasteiger partial charge in [0.2, 0.25) is 5.78 Å². The Morgan fingerprint density at radius 3 is 2.43 bits per heavy atom. The van der Waals surface area contributed by atoms with Crippen LogP contribution in [-0.4, -0.2) is 16.9 Å². The summed E-state index contributed by atoms with van der Waals surface area (Å²) in [5, 5.41) is 5.76. The molecule has 0 fully saturated rings. The molecule has 0 saturated carbocycles. The molecule has 2 heterocycles. The van der Waals surface area contributed by atoms with Crippen LogP contribution >= 0.6 is 11.3 Å². The third-order valence-corrected chi connectivity index (χ3v) is 4.97. The van der Waals surface area contributed by atoms with Gasteiger partial charge in [0, 0.05) is 17.2 Å². The maximum Gasteiger partial charge on any atom is 0.339 e. The van der Waals surface area contributed by atoms with Gasteiger partial charge in [-0.25, -0.2) is 4.79 Å². The number of nitrogens with zero attached hydrogens (tertiary/aromatic N) is 1. The first-order valence-electron chi connectivity index (χ1n) is 8.58. The molecule has 28 heavy (non-hydrogen) atoms. The summed E-state index contributed by atoms with van der Waals surface area (Å²) in [7, 11) is 0. The minimum Gasteiger partial charge on any atom is -0.455 e. The summed E-state index contributed by atoms with van der Waals surface area (Å²) >= 11 is 1.33. The molecular weight excluding hydrogens is 374 g/mol. The lowest BCUT2D eigenvalue weighted by Gasteiger charge is -2.07. The van der Waals surface area contributed by atoms with E-state index in [0.717, 1.165) is 5.56 Å². The van der Waals surface area contributed by atoms with Gasteiger partial charge < -0.3 is 9.26 Å². The molecule has 0 radical (unpaired) electrons. The molecule has 0 unspecified atom stereocenters. The van der Waals surface area contributed by atoms with Crippen molar-refractivity contribution < 1.29 is 18.8 Å². The lowest BCUT2D eigenvalue weighted by atomic mass is 10.0. The van der Waals surface area contributed by atoms with Gasteiger partial charge in [-0.1, -0.05) is 59.8 Å². The van der Waals surface area contributed by atoms with E-state index in [-0.39, 0.29) is 18.0 Å². The van der Waals surface area contributed by atoms with Crippen LogP contribution in [0.1, 0.15) is 31.3 Å². The molecule has 5 nitrogen and oxygen atoms in total. The van der Waals surface area contributed by atoms with E-state index in [1.807, 2.05) is 35.7 Å². The van der Waals surface area contributed by atoms with Gasteiger partial charge >= 0.3 is 5.97 Å². The minimum absolute atomic E-state index is 0.0449. The number of ether oxygens (including phenoxy) is 1. The number of hydrogen-bond acceptors (Lipinski definition) is 6. The highest BCUT2D eigenvalue weighted by molar-refractivity contribution is 7.12. The predicted molar refractivity (Wildman–Crippen MR) is 105 cm³/mol. The summed E-state index contributed by atoms with van der Waals surface area (Å²) in [4.78, 5) is 25.8. The molecule has 0 aliphatic carbocycles. The summed E-state index contributed by atoms with van der Waals surface area (Å²) in [5.74, 6) is -0.181. The molecule has 0 aliphatic heterocycles. The van der Waals surface area contributed by atoms with Crippen LogP contribution in [0, 0.1) is 0 Å². The number of hydrogen-bond donors (Lipinski definition) is 0. The third kappa shape index (κ3) is 3.77. The Morgan fingerprint density at radius 1 is 0.929 bits per heavy atom. The fourth-order valence-electron chi connectivity index (χ4n) is 2.74. The Balaban J connectivity index is 1.48. The van der Waals surface area contributed by atoms with Gasteiger partial charge in [-0.15, -0.1) is 11.3 Å². The second kappa shape index (κ2) is 8.02. The Labute approximate surface area is 165 Å². The maximum atomic E-state index is 12.6. The SMILES string of the molecule is O=C(OCc1cc(-c2ccccc2)on1)c1ccccc1C(=O)c1cccs1. The average Bonchev–Trinajstić information content (AvgIpc) is 3.44. The minimum atomic E-state index is -0.579. The second-order valence-corrected chi connectivity index (χ2v) is 6.92. The van der Waals surface area contributed by atoms with E-state index in [0.29, 0.717) is 21.9 Å².